The number of methoxy groups -OCH3 is 1. The summed E-state index contributed by atoms with van der Waals surface area (Å²) in [6.07, 6.45) is 2.69. The minimum absolute atomic E-state index is 0.199. The van der Waals surface area contributed by atoms with Gasteiger partial charge in [-0.2, -0.15) is 0 Å². The molecule has 1 aromatic carbocycles. The third-order valence-corrected chi connectivity index (χ3v) is 3.98. The van der Waals surface area contributed by atoms with Gasteiger partial charge in [-0.05, 0) is 50.1 Å². The first-order valence-electron chi connectivity index (χ1n) is 9.49. The normalized spacial score (nSPS) is 10.8. The molecule has 1 N–H and O–H groups in total. The van der Waals surface area contributed by atoms with E-state index in [1.807, 2.05) is 6.07 Å². The minimum Gasteiger partial charge on any atom is -0.465 e. The second-order valence-corrected chi connectivity index (χ2v) is 7.66. The lowest BCUT2D eigenvalue weighted by Crippen LogP contribution is -2.41. The Morgan fingerprint density at radius 2 is 1.70 bits per heavy atom. The largest absolute Gasteiger partial charge is 0.465 e. The Hall–Kier alpha value is -3.42. The maximum atomic E-state index is 12.8. The van der Waals surface area contributed by atoms with Crippen LogP contribution in [-0.2, 0) is 27.4 Å². The lowest BCUT2D eigenvalue weighted by molar-refractivity contribution is -0.131. The molecule has 8 heteroatoms. The van der Waals surface area contributed by atoms with Crippen molar-refractivity contribution in [3.63, 3.8) is 0 Å². The first-order chi connectivity index (χ1) is 14.2. The van der Waals surface area contributed by atoms with Crippen LogP contribution in [0.4, 0.5) is 4.79 Å². The number of alkyl carbamates (subject to hydrolysis) is 1. The van der Waals surface area contributed by atoms with Crippen LogP contribution in [-0.4, -0.2) is 47.1 Å². The Balaban J connectivity index is 2.09. The molecule has 0 saturated carbocycles. The molecule has 8 nitrogen and oxygen atoms in total. The van der Waals surface area contributed by atoms with Crippen molar-refractivity contribution in [3.8, 4) is 0 Å². The van der Waals surface area contributed by atoms with Crippen LogP contribution in [0.15, 0.2) is 48.8 Å². The highest BCUT2D eigenvalue weighted by atomic mass is 16.6. The van der Waals surface area contributed by atoms with Crippen LogP contribution in [0.3, 0.4) is 0 Å². The van der Waals surface area contributed by atoms with Crippen molar-refractivity contribution in [2.45, 2.75) is 39.5 Å². The van der Waals surface area contributed by atoms with E-state index in [2.05, 4.69) is 10.3 Å². The molecule has 2 aromatic rings. The highest BCUT2D eigenvalue weighted by Crippen LogP contribution is 2.12. The quantitative estimate of drug-likeness (QED) is 0.701. The molecule has 160 valence electrons. The molecular formula is C22H27N3O5. The van der Waals surface area contributed by atoms with E-state index in [-0.39, 0.29) is 12.5 Å². The maximum absolute atomic E-state index is 12.8. The van der Waals surface area contributed by atoms with Gasteiger partial charge in [0.05, 0.1) is 12.7 Å². The molecule has 0 bridgehead atoms. The highest BCUT2D eigenvalue weighted by Gasteiger charge is 2.19. The first kappa shape index (κ1) is 22.9. The van der Waals surface area contributed by atoms with Crippen molar-refractivity contribution in [1.82, 2.24) is 15.2 Å². The Morgan fingerprint density at radius 1 is 1.03 bits per heavy atom. The van der Waals surface area contributed by atoms with Gasteiger partial charge in [0.15, 0.2) is 0 Å². The van der Waals surface area contributed by atoms with Gasteiger partial charge >= 0.3 is 12.1 Å². The van der Waals surface area contributed by atoms with Gasteiger partial charge in [0, 0.05) is 25.5 Å². The summed E-state index contributed by atoms with van der Waals surface area (Å²) in [6, 6.07) is 10.5. The Kier molecular flexibility index (Phi) is 7.91. The van der Waals surface area contributed by atoms with Crippen molar-refractivity contribution in [2.75, 3.05) is 13.7 Å². The highest BCUT2D eigenvalue weighted by molar-refractivity contribution is 5.89. The lowest BCUT2D eigenvalue weighted by atomic mass is 10.1. The zero-order chi connectivity index (χ0) is 22.1. The van der Waals surface area contributed by atoms with E-state index in [1.165, 1.54) is 7.11 Å². The van der Waals surface area contributed by atoms with E-state index in [0.717, 1.165) is 11.1 Å². The van der Waals surface area contributed by atoms with Crippen molar-refractivity contribution in [3.05, 3.63) is 65.5 Å². The van der Waals surface area contributed by atoms with Crippen molar-refractivity contribution in [1.29, 1.82) is 0 Å². The number of amides is 2. The van der Waals surface area contributed by atoms with Gasteiger partial charge in [0.2, 0.25) is 5.91 Å². The van der Waals surface area contributed by atoms with E-state index in [4.69, 9.17) is 9.47 Å². The number of ether oxygens (including phenoxy) is 2. The Bertz CT molecular complexity index is 861. The number of pyridine rings is 1. The zero-order valence-electron chi connectivity index (χ0n) is 17.7. The number of rotatable bonds is 7. The summed E-state index contributed by atoms with van der Waals surface area (Å²) in [5.74, 6) is -0.701. The fourth-order valence-corrected chi connectivity index (χ4v) is 2.60. The molecule has 0 aliphatic heterocycles. The van der Waals surface area contributed by atoms with Crippen molar-refractivity contribution in [2.24, 2.45) is 0 Å². The molecule has 0 aliphatic rings. The number of carbonyl (C=O) groups is 3. The molecule has 1 heterocycles. The smallest absolute Gasteiger partial charge is 0.408 e. The summed E-state index contributed by atoms with van der Waals surface area (Å²) in [6.45, 7) is 5.67. The predicted octanol–water partition coefficient (Wildman–Crippen LogP) is 2.92. The first-order valence-corrected chi connectivity index (χ1v) is 9.49. The molecule has 0 atom stereocenters. The molecule has 0 spiro atoms. The van der Waals surface area contributed by atoms with Crippen LogP contribution in [0.1, 0.15) is 42.3 Å². The van der Waals surface area contributed by atoms with E-state index in [9.17, 15) is 14.4 Å². The summed E-state index contributed by atoms with van der Waals surface area (Å²) in [5, 5.41) is 2.49. The third kappa shape index (κ3) is 7.54. The molecule has 0 aliphatic carbocycles. The number of carbonyl (C=O) groups excluding carboxylic acids is 3. The Labute approximate surface area is 176 Å². The lowest BCUT2D eigenvalue weighted by Gasteiger charge is -2.24. The van der Waals surface area contributed by atoms with E-state index < -0.39 is 17.7 Å². The maximum Gasteiger partial charge on any atom is 0.408 e. The summed E-state index contributed by atoms with van der Waals surface area (Å²) in [7, 11) is 1.32. The SMILES string of the molecule is COC(=O)c1ccc(CN(Cc2cccnc2)C(=O)CNC(=O)OC(C)(C)C)cc1. The van der Waals surface area contributed by atoms with E-state index in [1.54, 1.807) is 68.4 Å². The number of benzene rings is 1. The zero-order valence-corrected chi connectivity index (χ0v) is 17.7. The molecule has 30 heavy (non-hydrogen) atoms. The molecule has 2 rings (SSSR count). The topological polar surface area (TPSA) is 97.8 Å². The molecule has 0 saturated heterocycles. The average molecular weight is 413 g/mol. The van der Waals surface area contributed by atoms with Gasteiger partial charge in [-0.1, -0.05) is 18.2 Å². The second-order valence-electron chi connectivity index (χ2n) is 7.66. The minimum atomic E-state index is -0.653. The summed E-state index contributed by atoms with van der Waals surface area (Å²) >= 11 is 0. The van der Waals surface area contributed by atoms with Crippen LogP contribution in [0.25, 0.3) is 0 Å². The molecule has 1 aromatic heterocycles. The second kappa shape index (κ2) is 10.4. The van der Waals surface area contributed by atoms with Crippen LogP contribution in [0.2, 0.25) is 0 Å². The van der Waals surface area contributed by atoms with Crippen LogP contribution < -0.4 is 5.32 Å². The predicted molar refractivity (Wildman–Crippen MR) is 111 cm³/mol. The molecule has 0 radical (unpaired) electrons. The van der Waals surface area contributed by atoms with Crippen LogP contribution in [0.5, 0.6) is 0 Å². The Morgan fingerprint density at radius 3 is 2.27 bits per heavy atom. The number of aromatic nitrogens is 1. The molecule has 2 amide bonds. The van der Waals surface area contributed by atoms with E-state index >= 15 is 0 Å². The molecular weight excluding hydrogens is 386 g/mol. The standard InChI is InChI=1S/C22H27N3O5/c1-22(2,3)30-21(28)24-13-19(26)25(15-17-6-5-11-23-12-17)14-16-7-9-18(10-8-16)20(27)29-4/h5-12H,13-15H2,1-4H3,(H,24,28). The monoisotopic (exact) mass is 413 g/mol. The van der Waals surface area contributed by atoms with E-state index in [0.29, 0.717) is 18.7 Å². The summed E-state index contributed by atoms with van der Waals surface area (Å²) in [5.41, 5.74) is 1.47. The average Bonchev–Trinajstić information content (AvgIpc) is 2.71. The van der Waals surface area contributed by atoms with Gasteiger partial charge in [-0.25, -0.2) is 9.59 Å². The van der Waals surface area contributed by atoms with Gasteiger partial charge in [-0.15, -0.1) is 0 Å². The van der Waals surface area contributed by atoms with Crippen molar-refractivity contribution < 1.29 is 23.9 Å². The third-order valence-electron chi connectivity index (χ3n) is 3.98. The number of hydrogen-bond acceptors (Lipinski definition) is 6. The van der Waals surface area contributed by atoms with Gasteiger partial charge in [0.1, 0.15) is 12.1 Å². The molecule has 0 fully saturated rings. The fraction of sp³-hybridized carbons (Fsp3) is 0.364. The van der Waals surface area contributed by atoms with Gasteiger partial charge in [-0.3, -0.25) is 9.78 Å². The number of nitrogens with zero attached hydrogens (tertiary/aromatic N) is 2. The van der Waals surface area contributed by atoms with Crippen LogP contribution in [0, 0.1) is 0 Å². The number of nitrogens with one attached hydrogen (secondary N) is 1. The van der Waals surface area contributed by atoms with Crippen LogP contribution >= 0.6 is 0 Å². The van der Waals surface area contributed by atoms with Gasteiger partial charge < -0.3 is 19.7 Å². The number of esters is 1. The fourth-order valence-electron chi connectivity index (χ4n) is 2.60. The summed E-state index contributed by atoms with van der Waals surface area (Å²) < 4.78 is 9.88. The summed E-state index contributed by atoms with van der Waals surface area (Å²) in [4.78, 5) is 42.0. The molecule has 0 unspecified atom stereocenters. The van der Waals surface area contributed by atoms with Gasteiger partial charge in [0.25, 0.3) is 0 Å². The number of hydrogen-bond donors (Lipinski definition) is 1. The van der Waals surface area contributed by atoms with Crippen molar-refractivity contribution >= 4 is 18.0 Å².